The molecule has 0 aromatic rings. The number of rotatable bonds is 20. The van der Waals surface area contributed by atoms with Gasteiger partial charge >= 0.3 is 196 Å². The fourth-order valence-corrected chi connectivity index (χ4v) is 61.3. The van der Waals surface area contributed by atoms with Crippen LogP contribution in [0, 0.1) is 0 Å². The molecule has 0 saturated heterocycles. The second-order valence-corrected chi connectivity index (χ2v) is 55.5. The molecule has 0 saturated carbocycles. The van der Waals surface area contributed by atoms with Crippen LogP contribution in [-0.4, -0.2) is 59.1 Å². The fourth-order valence-electron chi connectivity index (χ4n) is 3.47. The Bertz CT molecular complexity index is 340. The Hall–Kier alpha value is 3.99. The van der Waals surface area contributed by atoms with Gasteiger partial charge in [0.05, 0.1) is 0 Å². The summed E-state index contributed by atoms with van der Waals surface area (Å²) in [6.45, 7) is 14.0. The molecule has 212 valence electrons. The van der Waals surface area contributed by atoms with E-state index in [0.29, 0.717) is 0 Å². The SMILES string of the molecule is CCC[CH2][Sn]([CH2]CCC)[CH2]CCC.CCC[CH2][Sn]([CH2]CCC)[CH2]CCC.Cl[Si](Cl)(Cl)[Si][Si](Cl)(Cl)Cl. The van der Waals surface area contributed by atoms with Crippen LogP contribution in [0.4, 0.5) is 0 Å². The number of halogens is 6. The van der Waals surface area contributed by atoms with Gasteiger partial charge in [-0.15, -0.1) is 66.5 Å². The van der Waals surface area contributed by atoms with Crippen molar-refractivity contribution in [2.45, 2.75) is 145 Å². The van der Waals surface area contributed by atoms with Crippen LogP contribution in [0.25, 0.3) is 0 Å². The van der Waals surface area contributed by atoms with Crippen molar-refractivity contribution in [1.29, 1.82) is 0 Å². The smallest absolute Gasteiger partial charge is 0.131 e. The number of hydrogen-bond acceptors (Lipinski definition) is 0. The van der Waals surface area contributed by atoms with Gasteiger partial charge in [-0.05, 0) is 0 Å². The maximum absolute atomic E-state index is 5.48. The molecule has 0 N–H and O–H groups in total. The third kappa shape index (κ3) is 42.6. The topological polar surface area (TPSA) is 0 Å². The Morgan fingerprint density at radius 3 is 0.657 bits per heavy atom. The minimum Gasteiger partial charge on any atom is -0.131 e. The molecule has 0 heterocycles. The molecular formula is C24H54Cl6Si3Sn2. The predicted molar refractivity (Wildman–Crippen MR) is 182 cm³/mol. The zero-order valence-electron chi connectivity index (χ0n) is 23.5. The minimum atomic E-state index is -2.68. The molecule has 0 aliphatic rings. The van der Waals surface area contributed by atoms with Crippen molar-refractivity contribution >= 4 is 126 Å². The van der Waals surface area contributed by atoms with Gasteiger partial charge in [0.2, 0.25) is 0 Å². The van der Waals surface area contributed by atoms with Crippen LogP contribution >= 0.6 is 66.5 Å². The summed E-state index contributed by atoms with van der Waals surface area (Å²) in [5.74, 6) is 0. The molecule has 0 atom stereocenters. The largest absolute Gasteiger partial charge is 0.321 e. The Morgan fingerprint density at radius 1 is 0.400 bits per heavy atom. The van der Waals surface area contributed by atoms with Crippen molar-refractivity contribution in [2.75, 3.05) is 0 Å². The van der Waals surface area contributed by atoms with Crippen molar-refractivity contribution in [1.82, 2.24) is 0 Å². The molecule has 0 amide bonds. The summed E-state index contributed by atoms with van der Waals surface area (Å²) >= 11 is 31.2. The Labute approximate surface area is 267 Å². The molecule has 0 spiro atoms. The maximum atomic E-state index is 5.48. The third-order valence-electron chi connectivity index (χ3n) is 5.59. The van der Waals surface area contributed by atoms with Crippen molar-refractivity contribution < 1.29 is 0 Å². The molecule has 0 bridgehead atoms. The van der Waals surface area contributed by atoms with Gasteiger partial charge in [0, 0.05) is 0 Å². The van der Waals surface area contributed by atoms with E-state index in [9.17, 15) is 0 Å². The normalized spacial score (nSPS) is 11.8. The first kappa shape index (κ1) is 43.4. The monoisotopic (exact) mass is 876 g/mol. The molecule has 11 heteroatoms. The van der Waals surface area contributed by atoms with Gasteiger partial charge in [-0.3, -0.25) is 0 Å². The molecule has 0 nitrogen and oxygen atoms in total. The molecule has 0 unspecified atom stereocenters. The standard InChI is InChI=1S/6C4H9.Cl6Si3.2Sn/c6*1-3-4-2;1-8(2,3)7-9(4,5)6;;/h6*1,3-4H2,2H3;;;. The van der Waals surface area contributed by atoms with Gasteiger partial charge in [0.15, 0.2) is 0 Å². The van der Waals surface area contributed by atoms with Crippen LogP contribution in [0.2, 0.25) is 26.6 Å². The van der Waals surface area contributed by atoms with Crippen LogP contribution in [0.5, 0.6) is 0 Å². The van der Waals surface area contributed by atoms with E-state index in [4.69, 9.17) is 66.5 Å². The average Bonchev–Trinajstić information content (AvgIpc) is 2.76. The number of hydrogen-bond donors (Lipinski definition) is 0. The quantitative estimate of drug-likeness (QED) is 0.0844. The van der Waals surface area contributed by atoms with E-state index in [1.54, 1.807) is 26.6 Å². The van der Waals surface area contributed by atoms with E-state index >= 15 is 0 Å². The Morgan fingerprint density at radius 2 is 0.571 bits per heavy atom. The van der Waals surface area contributed by atoms with Crippen LogP contribution in [0.1, 0.15) is 119 Å². The summed E-state index contributed by atoms with van der Waals surface area (Å²) in [5, 5.41) is 0. The molecule has 0 aliphatic carbocycles. The second kappa shape index (κ2) is 30.9. The summed E-state index contributed by atoms with van der Waals surface area (Å²) < 4.78 is 10.1. The van der Waals surface area contributed by atoms with Gasteiger partial charge in [-0.25, -0.2) is 0 Å². The van der Waals surface area contributed by atoms with E-state index in [2.05, 4.69) is 41.5 Å². The Kier molecular flexibility index (Phi) is 38.4. The zero-order valence-corrected chi connectivity index (χ0v) is 36.7. The average molecular weight is 877 g/mol. The van der Waals surface area contributed by atoms with E-state index in [0.717, 1.165) is 0 Å². The Balaban J connectivity index is -0.000000448. The summed E-state index contributed by atoms with van der Waals surface area (Å²) in [7, 11) is -0.0787. The van der Waals surface area contributed by atoms with Crippen LogP contribution in [0.3, 0.4) is 0 Å². The van der Waals surface area contributed by atoms with Crippen LogP contribution in [-0.2, 0) is 0 Å². The summed E-state index contributed by atoms with van der Waals surface area (Å²) in [6.07, 6.45) is 17.7. The first-order valence-corrected chi connectivity index (χ1v) is 39.2. The predicted octanol–water partition coefficient (Wildman–Crippen LogP) is 12.8. The molecule has 0 aromatic carbocycles. The summed E-state index contributed by atoms with van der Waals surface area (Å²) in [5.41, 5.74) is -5.36. The van der Waals surface area contributed by atoms with E-state index < -0.39 is 50.6 Å². The van der Waals surface area contributed by atoms with Gasteiger partial charge in [0.1, 0.15) is 8.55 Å². The number of unbranched alkanes of at least 4 members (excludes halogenated alkanes) is 6. The molecule has 0 aliphatic heterocycles. The van der Waals surface area contributed by atoms with Crippen LogP contribution in [0.15, 0.2) is 0 Å². The van der Waals surface area contributed by atoms with Crippen molar-refractivity contribution in [3.8, 4) is 0 Å². The van der Waals surface area contributed by atoms with Gasteiger partial charge in [0.25, 0.3) is 0 Å². The fraction of sp³-hybridized carbons (Fsp3) is 1.00. The molecule has 0 rings (SSSR count). The van der Waals surface area contributed by atoms with Crippen LogP contribution < -0.4 is 0 Å². The van der Waals surface area contributed by atoms with Crippen molar-refractivity contribution in [2.24, 2.45) is 0 Å². The third-order valence-corrected chi connectivity index (χ3v) is 46.4. The molecule has 0 fully saturated rings. The first-order chi connectivity index (χ1) is 16.4. The van der Waals surface area contributed by atoms with E-state index in [1.165, 1.54) is 77.0 Å². The van der Waals surface area contributed by atoms with E-state index in [1.807, 2.05) is 0 Å². The van der Waals surface area contributed by atoms with Crippen molar-refractivity contribution in [3.63, 3.8) is 0 Å². The summed E-state index contributed by atoms with van der Waals surface area (Å²) in [4.78, 5) is 0. The second-order valence-electron chi connectivity index (χ2n) is 9.24. The maximum Gasteiger partial charge on any atom is 0.321 e. The molecule has 35 heavy (non-hydrogen) atoms. The van der Waals surface area contributed by atoms with Gasteiger partial charge in [-0.2, -0.15) is 0 Å². The minimum absolute atomic E-state index is 0.0787. The van der Waals surface area contributed by atoms with E-state index in [-0.39, 0.29) is 8.55 Å². The van der Waals surface area contributed by atoms with Gasteiger partial charge in [-0.1, -0.05) is 0 Å². The zero-order chi connectivity index (χ0) is 27.6. The molecule has 4 radical (unpaired) electrons. The molecule has 0 aromatic heterocycles. The first-order valence-electron chi connectivity index (χ1n) is 14.0. The van der Waals surface area contributed by atoms with Crippen molar-refractivity contribution in [3.05, 3.63) is 0 Å². The van der Waals surface area contributed by atoms with Gasteiger partial charge < -0.3 is 0 Å². The molecular weight excluding hydrogens is 823 g/mol. The summed E-state index contributed by atoms with van der Waals surface area (Å²) in [6, 6.07) is 0.